The van der Waals surface area contributed by atoms with Crippen molar-refractivity contribution in [3.63, 3.8) is 0 Å². The number of piperidine rings is 1. The number of likely N-dealkylation sites (tertiary alicyclic amines) is 1. The number of rotatable bonds is 5. The summed E-state index contributed by atoms with van der Waals surface area (Å²) in [6, 6.07) is 3.87. The summed E-state index contributed by atoms with van der Waals surface area (Å²) >= 11 is 5.65. The van der Waals surface area contributed by atoms with E-state index in [1.54, 1.807) is 4.90 Å². The van der Waals surface area contributed by atoms with Crippen LogP contribution in [-0.4, -0.2) is 62.6 Å². The number of amides is 1. The monoisotopic (exact) mass is 378 g/mol. The summed E-state index contributed by atoms with van der Waals surface area (Å²) in [5, 5.41) is -0.539. The van der Waals surface area contributed by atoms with Crippen LogP contribution in [0, 0.1) is 5.82 Å². The second-order valence-corrected chi connectivity index (χ2v) is 8.61. The van der Waals surface area contributed by atoms with Gasteiger partial charge < -0.3 is 9.64 Å². The van der Waals surface area contributed by atoms with Gasteiger partial charge in [0.05, 0.1) is 10.3 Å². The van der Waals surface area contributed by atoms with Gasteiger partial charge >= 0.3 is 0 Å². The highest BCUT2D eigenvalue weighted by Gasteiger charge is 2.32. The number of benzene rings is 1. The number of ether oxygens (including phenoxy) is 1. The lowest BCUT2D eigenvalue weighted by Crippen LogP contribution is -2.46. The number of carbonyl (C=O) groups excluding carboxylic acids is 1. The van der Waals surface area contributed by atoms with Crippen molar-refractivity contribution in [2.24, 2.45) is 0 Å². The van der Waals surface area contributed by atoms with Gasteiger partial charge in [0.2, 0.25) is 10.0 Å². The molecule has 6 nitrogen and oxygen atoms in total. The molecule has 1 amide bonds. The van der Waals surface area contributed by atoms with Crippen LogP contribution in [0.2, 0.25) is 5.02 Å². The summed E-state index contributed by atoms with van der Waals surface area (Å²) in [6.45, 7) is 0.529. The first kappa shape index (κ1) is 19.0. The Kier molecular flexibility index (Phi) is 6.06. The molecule has 0 atom stereocenters. The van der Waals surface area contributed by atoms with Crippen molar-refractivity contribution in [2.45, 2.75) is 18.1 Å². The first-order valence-corrected chi connectivity index (χ1v) is 9.37. The molecule has 1 aromatic carbocycles. The minimum Gasteiger partial charge on any atom is -0.484 e. The molecule has 0 radical (unpaired) electrons. The highest BCUT2D eigenvalue weighted by atomic mass is 35.5. The van der Waals surface area contributed by atoms with E-state index in [0.29, 0.717) is 31.7 Å². The highest BCUT2D eigenvalue weighted by molar-refractivity contribution is 7.89. The average Bonchev–Trinajstić information content (AvgIpc) is 2.55. The van der Waals surface area contributed by atoms with E-state index in [9.17, 15) is 17.6 Å². The normalized spacial score (nSPS) is 16.5. The molecular weight excluding hydrogens is 359 g/mol. The van der Waals surface area contributed by atoms with Crippen molar-refractivity contribution < 1.29 is 22.3 Å². The Morgan fingerprint density at radius 2 is 2.00 bits per heavy atom. The molecule has 9 heteroatoms. The largest absolute Gasteiger partial charge is 0.484 e. The Balaban J connectivity index is 1.86. The lowest BCUT2D eigenvalue weighted by molar-refractivity contribution is -0.134. The lowest BCUT2D eigenvalue weighted by atomic mass is 10.1. The van der Waals surface area contributed by atoms with Gasteiger partial charge in [-0.1, -0.05) is 11.6 Å². The topological polar surface area (TPSA) is 66.9 Å². The van der Waals surface area contributed by atoms with E-state index >= 15 is 0 Å². The third kappa shape index (κ3) is 4.37. The van der Waals surface area contributed by atoms with Crippen molar-refractivity contribution in [1.29, 1.82) is 0 Å². The summed E-state index contributed by atoms with van der Waals surface area (Å²) in [7, 11) is -0.282. The fourth-order valence-electron chi connectivity index (χ4n) is 2.50. The molecule has 1 aromatic rings. The van der Waals surface area contributed by atoms with Gasteiger partial charge in [0.25, 0.3) is 5.91 Å². The lowest BCUT2D eigenvalue weighted by Gasteiger charge is -2.32. The van der Waals surface area contributed by atoms with Crippen LogP contribution in [-0.2, 0) is 14.8 Å². The second-order valence-electron chi connectivity index (χ2n) is 5.77. The fourth-order valence-corrected chi connectivity index (χ4v) is 4.08. The summed E-state index contributed by atoms with van der Waals surface area (Å²) in [4.78, 5) is 13.7. The van der Waals surface area contributed by atoms with E-state index in [1.165, 1.54) is 36.6 Å². The molecule has 0 bridgehead atoms. The first-order chi connectivity index (χ1) is 11.2. The molecule has 0 aromatic heterocycles. The van der Waals surface area contributed by atoms with Crippen molar-refractivity contribution >= 4 is 27.5 Å². The van der Waals surface area contributed by atoms with Crippen molar-refractivity contribution in [1.82, 2.24) is 9.21 Å². The van der Waals surface area contributed by atoms with Gasteiger partial charge in [-0.3, -0.25) is 4.79 Å². The molecule has 0 saturated carbocycles. The van der Waals surface area contributed by atoms with Crippen LogP contribution in [0.5, 0.6) is 5.75 Å². The SMILES string of the molecule is CN(C)S(=O)(=O)C1CCN(C(=O)COc2ccc(F)c(Cl)c2)CC1. The standard InChI is InChI=1S/C15H20ClFN2O4S/c1-18(2)24(21,22)12-5-7-19(8-6-12)15(20)10-23-11-3-4-14(17)13(16)9-11/h3-4,9,12H,5-8,10H2,1-2H3. The maximum atomic E-state index is 13.1. The number of carbonyl (C=O) groups is 1. The zero-order valence-corrected chi connectivity index (χ0v) is 15.1. The van der Waals surface area contributed by atoms with Gasteiger partial charge in [0.15, 0.2) is 6.61 Å². The van der Waals surface area contributed by atoms with Crippen LogP contribution in [0.1, 0.15) is 12.8 Å². The van der Waals surface area contributed by atoms with E-state index in [2.05, 4.69) is 0 Å². The Hall–Kier alpha value is -1.38. The zero-order chi connectivity index (χ0) is 17.9. The maximum absolute atomic E-state index is 13.1. The molecule has 24 heavy (non-hydrogen) atoms. The third-order valence-electron chi connectivity index (χ3n) is 3.98. The van der Waals surface area contributed by atoms with Gasteiger partial charge in [-0.15, -0.1) is 0 Å². The van der Waals surface area contributed by atoms with Gasteiger partial charge in [0, 0.05) is 33.3 Å². The van der Waals surface area contributed by atoms with Crippen molar-refractivity contribution in [2.75, 3.05) is 33.8 Å². The third-order valence-corrected chi connectivity index (χ3v) is 6.60. The van der Waals surface area contributed by atoms with Crippen LogP contribution < -0.4 is 4.74 Å². The number of hydrogen-bond donors (Lipinski definition) is 0. The van der Waals surface area contributed by atoms with Crippen LogP contribution in [0.15, 0.2) is 18.2 Å². The fraction of sp³-hybridized carbons (Fsp3) is 0.533. The second kappa shape index (κ2) is 7.67. The number of nitrogens with zero attached hydrogens (tertiary/aromatic N) is 2. The van der Waals surface area contributed by atoms with Gasteiger partial charge in [-0.25, -0.2) is 17.1 Å². The first-order valence-electron chi connectivity index (χ1n) is 7.49. The molecule has 1 saturated heterocycles. The number of halogens is 2. The predicted molar refractivity (Wildman–Crippen MR) is 89.1 cm³/mol. The van der Waals surface area contributed by atoms with E-state index in [-0.39, 0.29) is 17.5 Å². The molecule has 1 aliphatic heterocycles. The van der Waals surface area contributed by atoms with E-state index in [0.717, 1.165) is 0 Å². The molecular formula is C15H20ClFN2O4S. The van der Waals surface area contributed by atoms with Crippen LogP contribution >= 0.6 is 11.6 Å². The van der Waals surface area contributed by atoms with Crippen LogP contribution in [0.3, 0.4) is 0 Å². The molecule has 1 fully saturated rings. The molecule has 0 N–H and O–H groups in total. The molecule has 1 aliphatic rings. The van der Waals surface area contributed by atoms with Gasteiger partial charge in [-0.2, -0.15) is 0 Å². The predicted octanol–water partition coefficient (Wildman–Crippen LogP) is 1.74. The van der Waals surface area contributed by atoms with Gasteiger partial charge in [-0.05, 0) is 25.0 Å². The van der Waals surface area contributed by atoms with Gasteiger partial charge in [0.1, 0.15) is 11.6 Å². The molecule has 0 unspecified atom stereocenters. The summed E-state index contributed by atoms with van der Waals surface area (Å²) in [5.41, 5.74) is 0. The Bertz CT molecular complexity index is 703. The summed E-state index contributed by atoms with van der Waals surface area (Å²) < 4.78 is 43.8. The number of sulfonamides is 1. The summed E-state index contributed by atoms with van der Waals surface area (Å²) in [6.07, 6.45) is 0.795. The quantitative estimate of drug-likeness (QED) is 0.782. The Labute approximate surface area is 146 Å². The number of hydrogen-bond acceptors (Lipinski definition) is 4. The van der Waals surface area contributed by atoms with Crippen molar-refractivity contribution in [3.05, 3.63) is 29.0 Å². The maximum Gasteiger partial charge on any atom is 0.260 e. The molecule has 0 aliphatic carbocycles. The van der Waals surface area contributed by atoms with E-state index in [4.69, 9.17) is 16.3 Å². The van der Waals surface area contributed by atoms with E-state index in [1.807, 2.05) is 0 Å². The smallest absolute Gasteiger partial charge is 0.260 e. The summed E-state index contributed by atoms with van der Waals surface area (Å²) in [5.74, 6) is -0.490. The molecule has 2 rings (SSSR count). The minimum absolute atomic E-state index is 0.0744. The Morgan fingerprint density at radius 3 is 2.54 bits per heavy atom. The van der Waals surface area contributed by atoms with Crippen molar-refractivity contribution in [3.8, 4) is 5.75 Å². The average molecular weight is 379 g/mol. The van der Waals surface area contributed by atoms with E-state index < -0.39 is 21.1 Å². The zero-order valence-electron chi connectivity index (χ0n) is 13.5. The molecule has 1 heterocycles. The Morgan fingerprint density at radius 1 is 1.38 bits per heavy atom. The molecule has 0 spiro atoms. The molecule has 134 valence electrons. The van der Waals surface area contributed by atoms with Crippen LogP contribution in [0.4, 0.5) is 4.39 Å². The highest BCUT2D eigenvalue weighted by Crippen LogP contribution is 2.22. The van der Waals surface area contributed by atoms with Crippen LogP contribution in [0.25, 0.3) is 0 Å². The minimum atomic E-state index is -3.30.